The number of carbonyl (C=O) groups excluding carboxylic acids is 1. The van der Waals surface area contributed by atoms with Crippen LogP contribution in [0.5, 0.6) is 0 Å². The molecule has 0 spiro atoms. The van der Waals surface area contributed by atoms with Crippen LogP contribution in [-0.4, -0.2) is 31.2 Å². The maximum absolute atomic E-state index is 12.9. The number of halogens is 1. The van der Waals surface area contributed by atoms with Crippen molar-refractivity contribution in [1.82, 2.24) is 0 Å². The molecule has 2 atom stereocenters. The molecule has 4 nitrogen and oxygen atoms in total. The average molecular weight is 327 g/mol. The Morgan fingerprint density at radius 3 is 2.59 bits per heavy atom. The standard InChI is InChI=1S/C17H26N2O2.ClH/c1-6-21-14-11-17(18,16(14,3)4)15(20)19(5)13-9-7-8-12(2)10-13;/h7-10,14H,6,11,18H2,1-5H3;1H. The Balaban J connectivity index is 0.00000242. The van der Waals surface area contributed by atoms with Gasteiger partial charge in [0.2, 0.25) is 5.91 Å². The minimum Gasteiger partial charge on any atom is -0.378 e. The molecule has 0 aliphatic heterocycles. The van der Waals surface area contributed by atoms with E-state index in [2.05, 4.69) is 0 Å². The number of nitrogens with zero attached hydrogens (tertiary/aromatic N) is 1. The van der Waals surface area contributed by atoms with E-state index < -0.39 is 5.54 Å². The van der Waals surface area contributed by atoms with Gasteiger partial charge in [0.15, 0.2) is 0 Å². The summed E-state index contributed by atoms with van der Waals surface area (Å²) in [6.45, 7) is 8.65. The third-order valence-corrected chi connectivity index (χ3v) is 4.91. The summed E-state index contributed by atoms with van der Waals surface area (Å²) < 4.78 is 5.69. The van der Waals surface area contributed by atoms with Crippen LogP contribution in [0, 0.1) is 12.3 Å². The first-order valence-electron chi connectivity index (χ1n) is 7.49. The molecule has 2 N–H and O–H groups in total. The second kappa shape index (κ2) is 6.57. The summed E-state index contributed by atoms with van der Waals surface area (Å²) in [4.78, 5) is 14.5. The lowest BCUT2D eigenvalue weighted by atomic mass is 9.54. The quantitative estimate of drug-likeness (QED) is 0.925. The van der Waals surface area contributed by atoms with Gasteiger partial charge in [0.25, 0.3) is 0 Å². The van der Waals surface area contributed by atoms with Gasteiger partial charge in [-0.2, -0.15) is 0 Å². The molecule has 124 valence electrons. The first-order chi connectivity index (χ1) is 9.74. The van der Waals surface area contributed by atoms with Gasteiger partial charge in [-0.1, -0.05) is 26.0 Å². The molecular formula is C17H27ClN2O2. The minimum atomic E-state index is -0.870. The highest BCUT2D eigenvalue weighted by Crippen LogP contribution is 2.50. The summed E-state index contributed by atoms with van der Waals surface area (Å²) in [5, 5.41) is 0. The molecule has 0 bridgehead atoms. The number of hydrogen-bond acceptors (Lipinski definition) is 3. The molecule has 1 aromatic rings. The second-order valence-electron chi connectivity index (χ2n) is 6.54. The molecular weight excluding hydrogens is 300 g/mol. The van der Waals surface area contributed by atoms with Crippen LogP contribution in [0.2, 0.25) is 0 Å². The number of hydrogen-bond donors (Lipinski definition) is 1. The number of anilines is 1. The average Bonchev–Trinajstić information content (AvgIpc) is 2.45. The largest absolute Gasteiger partial charge is 0.378 e. The molecule has 1 aliphatic carbocycles. The highest BCUT2D eigenvalue weighted by Gasteiger charge is 2.63. The van der Waals surface area contributed by atoms with E-state index >= 15 is 0 Å². The number of amides is 1. The van der Waals surface area contributed by atoms with Gasteiger partial charge in [-0.3, -0.25) is 4.79 Å². The zero-order valence-corrected chi connectivity index (χ0v) is 14.9. The van der Waals surface area contributed by atoms with Crippen molar-refractivity contribution < 1.29 is 9.53 Å². The van der Waals surface area contributed by atoms with E-state index in [1.54, 1.807) is 11.9 Å². The summed E-state index contributed by atoms with van der Waals surface area (Å²) in [5.74, 6) is -0.0472. The zero-order valence-electron chi connectivity index (χ0n) is 14.1. The van der Waals surface area contributed by atoms with Crippen LogP contribution in [0.3, 0.4) is 0 Å². The van der Waals surface area contributed by atoms with E-state index in [-0.39, 0.29) is 29.8 Å². The second-order valence-corrected chi connectivity index (χ2v) is 6.54. The molecule has 0 radical (unpaired) electrons. The first kappa shape index (κ1) is 18.9. The fourth-order valence-electron chi connectivity index (χ4n) is 3.05. The van der Waals surface area contributed by atoms with Crippen LogP contribution in [0.15, 0.2) is 24.3 Å². The van der Waals surface area contributed by atoms with Crippen molar-refractivity contribution in [3.05, 3.63) is 29.8 Å². The number of rotatable bonds is 4. The van der Waals surface area contributed by atoms with Gasteiger partial charge in [0.05, 0.1) is 6.10 Å². The number of carbonyl (C=O) groups is 1. The van der Waals surface area contributed by atoms with Gasteiger partial charge in [-0.15, -0.1) is 12.4 Å². The Morgan fingerprint density at radius 1 is 1.45 bits per heavy atom. The third kappa shape index (κ3) is 2.87. The topological polar surface area (TPSA) is 55.6 Å². The van der Waals surface area contributed by atoms with Gasteiger partial charge in [0, 0.05) is 31.2 Å². The van der Waals surface area contributed by atoms with Crippen LogP contribution in [0.1, 0.15) is 32.8 Å². The fourth-order valence-corrected chi connectivity index (χ4v) is 3.05. The molecule has 1 aliphatic rings. The predicted molar refractivity (Wildman–Crippen MR) is 92.6 cm³/mol. The van der Waals surface area contributed by atoms with Gasteiger partial charge in [-0.05, 0) is 31.5 Å². The minimum absolute atomic E-state index is 0. The fraction of sp³-hybridized carbons (Fsp3) is 0.588. The van der Waals surface area contributed by atoms with Crippen LogP contribution < -0.4 is 10.6 Å². The molecule has 1 saturated carbocycles. The monoisotopic (exact) mass is 326 g/mol. The molecule has 1 amide bonds. The predicted octanol–water partition coefficient (Wildman–Crippen LogP) is 2.91. The van der Waals surface area contributed by atoms with Gasteiger partial charge in [0.1, 0.15) is 5.54 Å². The van der Waals surface area contributed by atoms with Gasteiger partial charge >= 0.3 is 0 Å². The van der Waals surface area contributed by atoms with Crippen LogP contribution in [0.25, 0.3) is 0 Å². The van der Waals surface area contributed by atoms with Crippen molar-refractivity contribution in [2.24, 2.45) is 11.1 Å². The summed E-state index contributed by atoms with van der Waals surface area (Å²) in [5.41, 5.74) is 7.22. The maximum atomic E-state index is 12.9. The van der Waals surface area contributed by atoms with Crippen LogP contribution in [-0.2, 0) is 9.53 Å². The molecule has 0 heterocycles. The molecule has 0 aromatic heterocycles. The van der Waals surface area contributed by atoms with Crippen LogP contribution >= 0.6 is 12.4 Å². The van der Waals surface area contributed by atoms with Gasteiger partial charge < -0.3 is 15.4 Å². The summed E-state index contributed by atoms with van der Waals surface area (Å²) >= 11 is 0. The molecule has 5 heteroatoms. The lowest BCUT2D eigenvalue weighted by Crippen LogP contribution is -2.76. The van der Waals surface area contributed by atoms with E-state index in [4.69, 9.17) is 10.5 Å². The Kier molecular flexibility index (Phi) is 5.66. The Bertz CT molecular complexity index is 547. The highest BCUT2D eigenvalue weighted by molar-refractivity contribution is 6.01. The van der Waals surface area contributed by atoms with Crippen molar-refractivity contribution >= 4 is 24.0 Å². The molecule has 1 aromatic carbocycles. The van der Waals surface area contributed by atoms with Crippen molar-refractivity contribution in [3.8, 4) is 0 Å². The molecule has 2 unspecified atom stereocenters. The van der Waals surface area contributed by atoms with E-state index in [1.165, 1.54) is 0 Å². The summed E-state index contributed by atoms with van der Waals surface area (Å²) in [6.07, 6.45) is 0.616. The number of benzene rings is 1. The van der Waals surface area contributed by atoms with Crippen molar-refractivity contribution in [3.63, 3.8) is 0 Å². The highest BCUT2D eigenvalue weighted by atomic mass is 35.5. The first-order valence-corrected chi connectivity index (χ1v) is 7.49. The molecule has 22 heavy (non-hydrogen) atoms. The third-order valence-electron chi connectivity index (χ3n) is 4.91. The Morgan fingerprint density at radius 2 is 2.09 bits per heavy atom. The van der Waals surface area contributed by atoms with Crippen molar-refractivity contribution in [2.45, 2.75) is 45.8 Å². The van der Waals surface area contributed by atoms with E-state index in [0.717, 1.165) is 11.3 Å². The zero-order chi connectivity index (χ0) is 15.8. The van der Waals surface area contributed by atoms with E-state index in [1.807, 2.05) is 52.0 Å². The van der Waals surface area contributed by atoms with Crippen molar-refractivity contribution in [1.29, 1.82) is 0 Å². The summed E-state index contributed by atoms with van der Waals surface area (Å²) in [6, 6.07) is 7.89. The Hall–Kier alpha value is -1.10. The lowest BCUT2D eigenvalue weighted by molar-refractivity contribution is -0.168. The van der Waals surface area contributed by atoms with Gasteiger partial charge in [-0.25, -0.2) is 0 Å². The number of ether oxygens (including phenoxy) is 1. The number of nitrogens with two attached hydrogens (primary N) is 1. The van der Waals surface area contributed by atoms with E-state index in [0.29, 0.717) is 13.0 Å². The van der Waals surface area contributed by atoms with Crippen molar-refractivity contribution in [2.75, 3.05) is 18.6 Å². The Labute approximate surface area is 139 Å². The molecule has 1 fully saturated rings. The normalized spacial score (nSPS) is 25.8. The lowest BCUT2D eigenvalue weighted by Gasteiger charge is -2.58. The molecule has 0 saturated heterocycles. The number of aryl methyl sites for hydroxylation is 1. The van der Waals surface area contributed by atoms with Crippen LogP contribution in [0.4, 0.5) is 5.69 Å². The van der Waals surface area contributed by atoms with E-state index in [9.17, 15) is 4.79 Å². The summed E-state index contributed by atoms with van der Waals surface area (Å²) in [7, 11) is 1.79. The maximum Gasteiger partial charge on any atom is 0.247 e. The molecule has 2 rings (SSSR count). The SMILES string of the molecule is CCOC1CC(N)(C(=O)N(C)c2cccc(C)c2)C1(C)C.Cl. The smallest absolute Gasteiger partial charge is 0.247 e. The number of likely N-dealkylation sites (N-methyl/N-ethyl adjacent to an activating group) is 1.